The van der Waals surface area contributed by atoms with E-state index in [-0.39, 0.29) is 35.5 Å². The molecule has 90 valence electrons. The number of hydrogen-bond acceptors (Lipinski definition) is 2. The van der Waals surface area contributed by atoms with Gasteiger partial charge in [-0.2, -0.15) is 0 Å². The van der Waals surface area contributed by atoms with Crippen molar-refractivity contribution in [1.82, 2.24) is 4.90 Å². The number of likely N-dealkylation sites (tertiary alicyclic amines) is 1. The summed E-state index contributed by atoms with van der Waals surface area (Å²) in [5, 5.41) is 0. The molecule has 3 nitrogen and oxygen atoms in total. The Morgan fingerprint density at radius 3 is 2.00 bits per heavy atom. The average Bonchev–Trinajstić information content (AvgIpc) is 2.86. The molecule has 2 aliphatic carbocycles. The largest absolute Gasteiger partial charge is 0.285 e. The van der Waals surface area contributed by atoms with Crippen LogP contribution < -0.4 is 0 Å². The Morgan fingerprint density at radius 2 is 1.59 bits per heavy atom. The van der Waals surface area contributed by atoms with E-state index in [0.29, 0.717) is 5.92 Å². The molecule has 0 aromatic carbocycles. The van der Waals surface area contributed by atoms with Crippen LogP contribution in [0.3, 0.4) is 0 Å². The number of nitrogens with zero attached hydrogens (tertiary/aromatic N) is 1. The monoisotopic (exact) mass is 231 g/mol. The predicted octanol–water partition coefficient (Wildman–Crippen LogP) is 1.62. The summed E-state index contributed by atoms with van der Waals surface area (Å²) in [6, 6.07) is 0. The zero-order valence-electron chi connectivity index (χ0n) is 10.4. The Kier molecular flexibility index (Phi) is 2.09. The molecule has 2 amide bonds. The highest BCUT2D eigenvalue weighted by Gasteiger charge is 2.60. The van der Waals surface area contributed by atoms with E-state index >= 15 is 0 Å². The molecule has 3 rings (SSSR count). The van der Waals surface area contributed by atoms with Crippen LogP contribution in [0.25, 0.3) is 0 Å². The van der Waals surface area contributed by atoms with Gasteiger partial charge in [-0.15, -0.1) is 0 Å². The van der Waals surface area contributed by atoms with Gasteiger partial charge in [-0.3, -0.25) is 14.5 Å². The Labute approximate surface area is 101 Å². The van der Waals surface area contributed by atoms with Gasteiger partial charge in [0.25, 0.3) is 0 Å². The minimum Gasteiger partial charge on any atom is -0.285 e. The lowest BCUT2D eigenvalue weighted by Gasteiger charge is -2.14. The lowest BCUT2D eigenvalue weighted by atomic mass is 9.85. The summed E-state index contributed by atoms with van der Waals surface area (Å²) in [6.45, 7) is 4.27. The van der Waals surface area contributed by atoms with Crippen LogP contribution in [-0.2, 0) is 9.59 Å². The van der Waals surface area contributed by atoms with Gasteiger partial charge in [0.15, 0.2) is 0 Å². The number of rotatable bonds is 1. The van der Waals surface area contributed by atoms with Gasteiger partial charge in [0, 0.05) is 18.9 Å². The van der Waals surface area contributed by atoms with Gasteiger partial charge in [-0.25, -0.2) is 0 Å². The summed E-state index contributed by atoms with van der Waals surface area (Å²) in [5.74, 6) is 0.595. The summed E-state index contributed by atoms with van der Waals surface area (Å²) in [6.07, 6.45) is 6.46. The van der Waals surface area contributed by atoms with Gasteiger partial charge in [0.1, 0.15) is 0 Å². The third-order valence-electron chi connectivity index (χ3n) is 4.21. The smallest absolute Gasteiger partial charge is 0.233 e. The van der Waals surface area contributed by atoms with Gasteiger partial charge in [-0.1, -0.05) is 37.6 Å². The Morgan fingerprint density at radius 1 is 1.12 bits per heavy atom. The normalized spacial score (nSPS) is 41.2. The third-order valence-corrected chi connectivity index (χ3v) is 4.21. The third kappa shape index (κ3) is 1.22. The highest BCUT2D eigenvalue weighted by Crippen LogP contribution is 2.55. The summed E-state index contributed by atoms with van der Waals surface area (Å²) >= 11 is 0. The van der Waals surface area contributed by atoms with Crippen LogP contribution in [0.4, 0.5) is 0 Å². The summed E-state index contributed by atoms with van der Waals surface area (Å²) in [5.41, 5.74) is 1.30. The first-order valence-corrected chi connectivity index (χ1v) is 6.23. The minimum absolute atomic E-state index is 0.00602. The van der Waals surface area contributed by atoms with Crippen molar-refractivity contribution in [2.24, 2.45) is 29.6 Å². The zero-order chi connectivity index (χ0) is 12.3. The lowest BCUT2D eigenvalue weighted by molar-refractivity contribution is -0.138. The topological polar surface area (TPSA) is 37.4 Å². The van der Waals surface area contributed by atoms with E-state index in [1.54, 1.807) is 7.05 Å². The second-order valence-corrected chi connectivity index (χ2v) is 5.63. The van der Waals surface area contributed by atoms with E-state index in [0.717, 1.165) is 0 Å². The van der Waals surface area contributed by atoms with E-state index in [2.05, 4.69) is 32.1 Å². The molecule has 1 saturated carbocycles. The molecule has 4 atom stereocenters. The van der Waals surface area contributed by atoms with E-state index < -0.39 is 0 Å². The quantitative estimate of drug-likeness (QED) is 0.508. The molecule has 1 aliphatic heterocycles. The standard InChI is InChI=1S/C14H17NO2/c1-7(2)6-10-8-4-5-9(10)12-11(8)13(16)15(3)14(12)17/h4-9,11-12H,1-3H3/b10-6-/t8?,9?,11-,12+/m0/s1. The van der Waals surface area contributed by atoms with Crippen LogP contribution in [0.1, 0.15) is 13.8 Å². The number of hydrogen-bond donors (Lipinski definition) is 0. The number of carbonyl (C=O) groups is 2. The van der Waals surface area contributed by atoms with Crippen molar-refractivity contribution < 1.29 is 9.59 Å². The second-order valence-electron chi connectivity index (χ2n) is 5.63. The molecule has 3 aliphatic rings. The van der Waals surface area contributed by atoms with Crippen LogP contribution in [0.5, 0.6) is 0 Å². The van der Waals surface area contributed by atoms with Gasteiger partial charge < -0.3 is 0 Å². The van der Waals surface area contributed by atoms with Gasteiger partial charge in [-0.05, 0) is 5.92 Å². The zero-order valence-corrected chi connectivity index (χ0v) is 10.4. The molecule has 1 saturated heterocycles. The molecule has 0 spiro atoms. The molecule has 2 fully saturated rings. The van der Waals surface area contributed by atoms with E-state index in [9.17, 15) is 9.59 Å². The van der Waals surface area contributed by atoms with Crippen molar-refractivity contribution in [3.05, 3.63) is 23.8 Å². The van der Waals surface area contributed by atoms with Gasteiger partial charge >= 0.3 is 0 Å². The Balaban J connectivity index is 2.03. The number of carbonyl (C=O) groups excluding carboxylic acids is 2. The average molecular weight is 231 g/mol. The van der Waals surface area contributed by atoms with Gasteiger partial charge in [0.2, 0.25) is 11.8 Å². The second kappa shape index (κ2) is 3.31. The fourth-order valence-corrected chi connectivity index (χ4v) is 3.56. The van der Waals surface area contributed by atoms with Crippen LogP contribution in [0.2, 0.25) is 0 Å². The molecule has 2 unspecified atom stereocenters. The SMILES string of the molecule is CC(C)/C=C1\C2C=CC1[C@@H]1C(=O)N(C)C(=O)[C@H]21. The maximum atomic E-state index is 12.1. The van der Waals surface area contributed by atoms with Crippen LogP contribution in [0, 0.1) is 29.6 Å². The van der Waals surface area contributed by atoms with E-state index in [1.807, 2.05) is 0 Å². The fourth-order valence-electron chi connectivity index (χ4n) is 3.56. The molecule has 17 heavy (non-hydrogen) atoms. The molecule has 0 aromatic heterocycles. The van der Waals surface area contributed by atoms with Crippen LogP contribution in [0.15, 0.2) is 23.8 Å². The summed E-state index contributed by atoms with van der Waals surface area (Å²) in [4.78, 5) is 25.4. The van der Waals surface area contributed by atoms with Crippen molar-refractivity contribution >= 4 is 11.8 Å². The van der Waals surface area contributed by atoms with Crippen molar-refractivity contribution in [2.75, 3.05) is 7.05 Å². The van der Waals surface area contributed by atoms with Crippen molar-refractivity contribution in [3.63, 3.8) is 0 Å². The van der Waals surface area contributed by atoms with E-state index in [1.165, 1.54) is 10.5 Å². The Bertz CT molecular complexity index is 427. The first-order valence-electron chi connectivity index (χ1n) is 6.23. The fraction of sp³-hybridized carbons (Fsp3) is 0.571. The maximum absolute atomic E-state index is 12.1. The highest BCUT2D eigenvalue weighted by molar-refractivity contribution is 6.06. The molecular formula is C14H17NO2. The lowest BCUT2D eigenvalue weighted by Crippen LogP contribution is -2.29. The van der Waals surface area contributed by atoms with Crippen molar-refractivity contribution in [1.29, 1.82) is 0 Å². The molecule has 3 heteroatoms. The molecule has 1 heterocycles. The van der Waals surface area contributed by atoms with Gasteiger partial charge in [0.05, 0.1) is 11.8 Å². The molecule has 2 bridgehead atoms. The maximum Gasteiger partial charge on any atom is 0.233 e. The molecular weight excluding hydrogens is 214 g/mol. The van der Waals surface area contributed by atoms with E-state index in [4.69, 9.17) is 0 Å². The first-order chi connectivity index (χ1) is 8.02. The number of imide groups is 1. The highest BCUT2D eigenvalue weighted by atomic mass is 16.2. The minimum atomic E-state index is -0.118. The molecule has 0 radical (unpaired) electrons. The van der Waals surface area contributed by atoms with Crippen LogP contribution >= 0.6 is 0 Å². The predicted molar refractivity (Wildman–Crippen MR) is 63.8 cm³/mol. The summed E-state index contributed by atoms with van der Waals surface area (Å²) < 4.78 is 0. The number of fused-ring (bicyclic) bond motifs is 5. The number of allylic oxidation sites excluding steroid dienone is 4. The van der Waals surface area contributed by atoms with Crippen molar-refractivity contribution in [3.8, 4) is 0 Å². The first kappa shape index (κ1) is 10.8. The number of amides is 2. The molecule has 0 aromatic rings. The van der Waals surface area contributed by atoms with Crippen LogP contribution in [-0.4, -0.2) is 23.8 Å². The van der Waals surface area contributed by atoms with Crippen molar-refractivity contribution in [2.45, 2.75) is 13.8 Å². The Hall–Kier alpha value is -1.38. The molecule has 0 N–H and O–H groups in total. The summed E-state index contributed by atoms with van der Waals surface area (Å²) in [7, 11) is 1.61.